The van der Waals surface area contributed by atoms with Crippen molar-refractivity contribution in [2.75, 3.05) is 56.7 Å². The zero-order valence-electron chi connectivity index (χ0n) is 29.4. The predicted molar refractivity (Wildman–Crippen MR) is 185 cm³/mol. The van der Waals surface area contributed by atoms with E-state index in [2.05, 4.69) is 38.4 Å². The van der Waals surface area contributed by atoms with Crippen LogP contribution in [0.15, 0.2) is 48.8 Å². The molecule has 7 rings (SSSR count). The van der Waals surface area contributed by atoms with E-state index in [1.54, 1.807) is 34.7 Å². The Hall–Kier alpha value is -4.72. The minimum atomic E-state index is -4.65. The molecule has 2 saturated heterocycles. The molecular weight excluding hydrogens is 700 g/mol. The highest BCUT2D eigenvalue weighted by Gasteiger charge is 2.46. The standard InChI is InChI=1S/C37H39F6N9O/c1-49-19-35(20-49)7-10-51(21-35)16-24-11-26-18-53-23-52(17-30(26)31(12-24)37(41,42)43)33-14-25(13-32(47-33)45-9-4-3-8-44)29-15-27(36(38,39)40)5-6-28(29)34-48-46-22-50(34)2/h5-6,11-15,22H,3-4,7,9-10,16-21,23H2,1-2H3,(H,45,47). The van der Waals surface area contributed by atoms with Gasteiger partial charge in [-0.3, -0.25) is 4.90 Å². The van der Waals surface area contributed by atoms with E-state index in [1.165, 1.54) is 18.5 Å². The van der Waals surface area contributed by atoms with Crippen LogP contribution in [0.4, 0.5) is 38.0 Å². The van der Waals surface area contributed by atoms with Gasteiger partial charge in [-0.2, -0.15) is 31.6 Å². The SMILES string of the molecule is CN1CC2(CCN(Cc3cc4c(c(C(F)(F)F)c3)CN(c3cc(-c5cc(C(F)(F)F)ccc5-c5nncn5C)cc(NCCCC#N)n3)COC4)C2)C1. The van der Waals surface area contributed by atoms with Crippen LogP contribution in [0.25, 0.3) is 22.5 Å². The van der Waals surface area contributed by atoms with Crippen LogP contribution in [-0.2, 0) is 43.8 Å². The van der Waals surface area contributed by atoms with Crippen molar-refractivity contribution in [2.24, 2.45) is 12.5 Å². The van der Waals surface area contributed by atoms with Gasteiger partial charge in [0.15, 0.2) is 5.82 Å². The smallest absolute Gasteiger partial charge is 0.370 e. The van der Waals surface area contributed by atoms with Crippen LogP contribution in [0.2, 0.25) is 0 Å². The highest BCUT2D eigenvalue weighted by molar-refractivity contribution is 5.83. The molecule has 53 heavy (non-hydrogen) atoms. The minimum Gasteiger partial charge on any atom is -0.370 e. The lowest BCUT2D eigenvalue weighted by Crippen LogP contribution is -2.55. The first-order valence-electron chi connectivity index (χ1n) is 17.4. The van der Waals surface area contributed by atoms with E-state index in [0.29, 0.717) is 47.6 Å². The molecule has 2 aromatic heterocycles. The van der Waals surface area contributed by atoms with Crippen LogP contribution < -0.4 is 10.2 Å². The monoisotopic (exact) mass is 739 g/mol. The lowest BCUT2D eigenvalue weighted by Gasteiger charge is -2.46. The third-order valence-corrected chi connectivity index (χ3v) is 10.2. The van der Waals surface area contributed by atoms with Crippen LogP contribution in [-0.4, -0.2) is 76.1 Å². The summed E-state index contributed by atoms with van der Waals surface area (Å²) in [5.41, 5.74) is 0.506. The van der Waals surface area contributed by atoms with Crippen molar-refractivity contribution in [3.63, 3.8) is 0 Å². The first-order chi connectivity index (χ1) is 25.2. The fourth-order valence-electron chi connectivity index (χ4n) is 7.87. The molecule has 280 valence electrons. The molecule has 0 unspecified atom stereocenters. The number of fused-ring (bicyclic) bond motifs is 1. The number of aromatic nitrogens is 4. The molecule has 0 aliphatic carbocycles. The molecule has 2 aromatic carbocycles. The fourth-order valence-corrected chi connectivity index (χ4v) is 7.87. The number of nitrogens with one attached hydrogen (secondary N) is 1. The number of alkyl halides is 6. The Bertz CT molecular complexity index is 2020. The van der Waals surface area contributed by atoms with Gasteiger partial charge in [-0.15, -0.1) is 10.2 Å². The highest BCUT2D eigenvalue weighted by Crippen LogP contribution is 2.42. The minimum absolute atomic E-state index is 0.0552. The van der Waals surface area contributed by atoms with Crippen LogP contribution >= 0.6 is 0 Å². The second-order valence-corrected chi connectivity index (χ2v) is 14.4. The molecule has 0 saturated carbocycles. The van der Waals surface area contributed by atoms with Gasteiger partial charge < -0.3 is 24.4 Å². The highest BCUT2D eigenvalue weighted by atomic mass is 19.4. The first-order valence-corrected chi connectivity index (χ1v) is 17.4. The fraction of sp³-hybridized carbons (Fsp3) is 0.459. The van der Waals surface area contributed by atoms with Gasteiger partial charge >= 0.3 is 12.4 Å². The largest absolute Gasteiger partial charge is 0.416 e. The summed E-state index contributed by atoms with van der Waals surface area (Å²) in [5, 5.41) is 20.2. The maximum absolute atomic E-state index is 14.8. The van der Waals surface area contributed by atoms with Gasteiger partial charge in [0.25, 0.3) is 0 Å². The first kappa shape index (κ1) is 36.6. The molecule has 0 radical (unpaired) electrons. The van der Waals surface area contributed by atoms with E-state index < -0.39 is 23.5 Å². The Balaban J connectivity index is 1.26. The average molecular weight is 740 g/mol. The van der Waals surface area contributed by atoms with Crippen LogP contribution in [0.1, 0.15) is 47.1 Å². The van der Waals surface area contributed by atoms with Gasteiger partial charge in [0, 0.05) is 63.7 Å². The van der Waals surface area contributed by atoms with Gasteiger partial charge in [-0.05, 0) is 90.6 Å². The van der Waals surface area contributed by atoms with E-state index in [4.69, 9.17) is 15.0 Å². The molecule has 0 bridgehead atoms. The Labute approximate surface area is 303 Å². The summed E-state index contributed by atoms with van der Waals surface area (Å²) in [7, 11) is 3.74. The van der Waals surface area contributed by atoms with E-state index in [9.17, 15) is 26.3 Å². The Morgan fingerprint density at radius 3 is 2.49 bits per heavy atom. The molecular formula is C37H39F6N9O. The Morgan fingerprint density at radius 2 is 1.79 bits per heavy atom. The number of halogens is 6. The number of likely N-dealkylation sites (tertiary alicyclic amines) is 2. The van der Waals surface area contributed by atoms with Gasteiger partial charge in [0.2, 0.25) is 0 Å². The van der Waals surface area contributed by atoms with Gasteiger partial charge in [0.1, 0.15) is 24.7 Å². The molecule has 1 N–H and O–H groups in total. The number of ether oxygens (including phenoxy) is 1. The molecule has 2 fully saturated rings. The topological polar surface area (TPSA) is 98.4 Å². The van der Waals surface area contributed by atoms with Gasteiger partial charge in [0.05, 0.1) is 23.8 Å². The van der Waals surface area contributed by atoms with Crippen molar-refractivity contribution in [1.29, 1.82) is 5.26 Å². The van der Waals surface area contributed by atoms with Crippen LogP contribution in [0.3, 0.4) is 0 Å². The third kappa shape index (κ3) is 7.83. The van der Waals surface area contributed by atoms with Crippen molar-refractivity contribution in [1.82, 2.24) is 29.5 Å². The maximum Gasteiger partial charge on any atom is 0.416 e. The van der Waals surface area contributed by atoms with Crippen molar-refractivity contribution in [3.05, 3.63) is 76.6 Å². The number of nitriles is 1. The Morgan fingerprint density at radius 1 is 0.981 bits per heavy atom. The maximum atomic E-state index is 14.8. The number of aryl methyl sites for hydroxylation is 1. The summed E-state index contributed by atoms with van der Waals surface area (Å²) in [5.74, 6) is 0.788. The van der Waals surface area contributed by atoms with Crippen molar-refractivity contribution < 1.29 is 31.1 Å². The number of hydrogen-bond acceptors (Lipinski definition) is 9. The molecule has 0 amide bonds. The predicted octanol–water partition coefficient (Wildman–Crippen LogP) is 6.93. The number of hydrogen-bond donors (Lipinski definition) is 1. The van der Waals surface area contributed by atoms with E-state index in [0.717, 1.165) is 44.7 Å². The van der Waals surface area contributed by atoms with Crippen LogP contribution in [0, 0.1) is 16.7 Å². The molecule has 10 nitrogen and oxygen atoms in total. The summed E-state index contributed by atoms with van der Waals surface area (Å²) in [6, 6.07) is 11.5. The molecule has 16 heteroatoms. The second kappa shape index (κ2) is 14.3. The number of nitrogens with zero attached hydrogens (tertiary/aromatic N) is 8. The van der Waals surface area contributed by atoms with E-state index >= 15 is 0 Å². The third-order valence-electron chi connectivity index (χ3n) is 10.2. The zero-order valence-corrected chi connectivity index (χ0v) is 29.4. The average Bonchev–Trinajstić information content (AvgIpc) is 3.64. The lowest BCUT2D eigenvalue weighted by atomic mass is 9.79. The number of benzene rings is 2. The molecule has 3 aliphatic heterocycles. The quantitative estimate of drug-likeness (QED) is 0.145. The van der Waals surface area contributed by atoms with E-state index in [-0.39, 0.29) is 54.5 Å². The zero-order chi connectivity index (χ0) is 37.5. The van der Waals surface area contributed by atoms with Gasteiger partial charge in [-0.25, -0.2) is 4.98 Å². The van der Waals surface area contributed by atoms with Crippen molar-refractivity contribution >= 4 is 11.6 Å². The molecule has 1 spiro atoms. The summed E-state index contributed by atoms with van der Waals surface area (Å²) >= 11 is 0. The summed E-state index contributed by atoms with van der Waals surface area (Å²) in [4.78, 5) is 10.7. The Kier molecular flexibility index (Phi) is 9.85. The van der Waals surface area contributed by atoms with Crippen molar-refractivity contribution in [2.45, 2.75) is 51.3 Å². The summed E-state index contributed by atoms with van der Waals surface area (Å²) in [6.07, 6.45) is -6.11. The van der Waals surface area contributed by atoms with Crippen LogP contribution in [0.5, 0.6) is 0 Å². The number of pyridine rings is 1. The second-order valence-electron chi connectivity index (χ2n) is 14.4. The number of unbranched alkanes of at least 4 members (excludes halogenated alkanes) is 1. The summed E-state index contributed by atoms with van der Waals surface area (Å²) in [6.45, 7) is 4.02. The molecule has 5 heterocycles. The molecule has 0 atom stereocenters. The lowest BCUT2D eigenvalue weighted by molar-refractivity contribution is -0.138. The summed E-state index contributed by atoms with van der Waals surface area (Å²) < 4.78 is 94.2. The number of rotatable bonds is 9. The van der Waals surface area contributed by atoms with E-state index in [1.807, 2.05) is 0 Å². The number of anilines is 2. The molecule has 4 aromatic rings. The molecule has 3 aliphatic rings. The van der Waals surface area contributed by atoms with Crippen molar-refractivity contribution in [3.8, 4) is 28.6 Å². The normalized spacial score (nSPS) is 17.8. The van der Waals surface area contributed by atoms with Gasteiger partial charge in [-0.1, -0.05) is 6.07 Å².